The van der Waals surface area contributed by atoms with Crippen molar-refractivity contribution >= 4 is 51.9 Å². The first-order valence-electron chi connectivity index (χ1n) is 10.2. The average molecular weight is 463 g/mol. The van der Waals surface area contributed by atoms with Crippen molar-refractivity contribution in [3.8, 4) is 5.69 Å². The van der Waals surface area contributed by atoms with Gasteiger partial charge in [-0.3, -0.25) is 9.69 Å². The highest BCUT2D eigenvalue weighted by atomic mass is 32.2. The van der Waals surface area contributed by atoms with Crippen molar-refractivity contribution in [3.05, 3.63) is 88.1 Å². The summed E-state index contributed by atoms with van der Waals surface area (Å²) in [6, 6.07) is 18.8. The number of carbonyl (C=O) groups is 2. The third-order valence-corrected chi connectivity index (χ3v) is 6.48. The zero-order valence-corrected chi connectivity index (χ0v) is 19.6. The van der Waals surface area contributed by atoms with Crippen LogP contribution in [0, 0.1) is 13.8 Å². The molecule has 0 spiro atoms. The first-order chi connectivity index (χ1) is 15.4. The molecule has 0 saturated carbocycles. The standard InChI is InChI=1S/C25H22N2O3S2/c1-4-30-24(29)18-9-8-12-21(14-18)26-16(2)13-19(17(26)3)15-22-23(28)27(25(31)32-22)20-10-6-5-7-11-20/h5-15H,4H2,1-3H3/b22-15+. The Labute approximate surface area is 196 Å². The van der Waals surface area contributed by atoms with Crippen molar-refractivity contribution in [2.75, 3.05) is 11.5 Å². The van der Waals surface area contributed by atoms with Gasteiger partial charge in [0.05, 0.1) is 22.8 Å². The van der Waals surface area contributed by atoms with E-state index in [1.54, 1.807) is 17.9 Å². The molecule has 1 aliphatic rings. The molecule has 2 heterocycles. The van der Waals surface area contributed by atoms with Gasteiger partial charge in [0.25, 0.3) is 5.91 Å². The summed E-state index contributed by atoms with van der Waals surface area (Å²) >= 11 is 6.77. The van der Waals surface area contributed by atoms with Gasteiger partial charge in [0.15, 0.2) is 4.32 Å². The number of amides is 1. The molecule has 0 unspecified atom stereocenters. The third-order valence-electron chi connectivity index (χ3n) is 5.18. The maximum atomic E-state index is 13.1. The first kappa shape index (κ1) is 22.0. The number of thioether (sulfide) groups is 1. The van der Waals surface area contributed by atoms with Crippen LogP contribution in [0.25, 0.3) is 11.8 Å². The number of anilines is 1. The Kier molecular flexibility index (Phi) is 6.30. The van der Waals surface area contributed by atoms with Gasteiger partial charge < -0.3 is 9.30 Å². The molecule has 3 aromatic rings. The second-order valence-electron chi connectivity index (χ2n) is 7.29. The highest BCUT2D eigenvalue weighted by molar-refractivity contribution is 8.27. The van der Waals surface area contributed by atoms with Crippen LogP contribution in [0.4, 0.5) is 5.69 Å². The number of rotatable bonds is 5. The SMILES string of the molecule is CCOC(=O)c1cccc(-n2c(C)cc(/C=C3/SC(=S)N(c4ccccc4)C3=O)c2C)c1. The maximum absolute atomic E-state index is 13.1. The largest absolute Gasteiger partial charge is 0.462 e. The van der Waals surface area contributed by atoms with Gasteiger partial charge in [-0.1, -0.05) is 48.2 Å². The summed E-state index contributed by atoms with van der Waals surface area (Å²) in [5.74, 6) is -0.470. The highest BCUT2D eigenvalue weighted by Gasteiger charge is 2.33. The number of ether oxygens (including phenoxy) is 1. The molecule has 1 fully saturated rings. The summed E-state index contributed by atoms with van der Waals surface area (Å²) in [6.45, 7) is 6.11. The van der Waals surface area contributed by atoms with Crippen molar-refractivity contribution in [1.29, 1.82) is 0 Å². The smallest absolute Gasteiger partial charge is 0.338 e. The van der Waals surface area contributed by atoms with Crippen molar-refractivity contribution in [2.45, 2.75) is 20.8 Å². The van der Waals surface area contributed by atoms with E-state index in [0.717, 1.165) is 28.3 Å². The van der Waals surface area contributed by atoms with Crippen LogP contribution >= 0.6 is 24.0 Å². The van der Waals surface area contributed by atoms with E-state index in [0.29, 0.717) is 21.4 Å². The fourth-order valence-electron chi connectivity index (χ4n) is 3.73. The number of esters is 1. The van der Waals surface area contributed by atoms with Gasteiger partial charge in [-0.2, -0.15) is 0 Å². The molecule has 7 heteroatoms. The summed E-state index contributed by atoms with van der Waals surface area (Å²) in [6.07, 6.45) is 1.89. The number of nitrogens with zero attached hydrogens (tertiary/aromatic N) is 2. The van der Waals surface area contributed by atoms with Crippen LogP contribution < -0.4 is 4.90 Å². The minimum absolute atomic E-state index is 0.125. The predicted octanol–water partition coefficient (Wildman–Crippen LogP) is 5.68. The molecule has 1 amide bonds. The molecule has 0 bridgehead atoms. The summed E-state index contributed by atoms with van der Waals surface area (Å²) in [7, 11) is 0. The molecule has 0 atom stereocenters. The van der Waals surface area contributed by atoms with E-state index in [1.165, 1.54) is 11.8 Å². The van der Waals surface area contributed by atoms with E-state index >= 15 is 0 Å². The summed E-state index contributed by atoms with van der Waals surface area (Å²) in [4.78, 5) is 27.4. The Hall–Kier alpha value is -3.16. The molecule has 0 aliphatic carbocycles. The lowest BCUT2D eigenvalue weighted by Crippen LogP contribution is -2.27. The average Bonchev–Trinajstić information content (AvgIpc) is 3.22. The summed E-state index contributed by atoms with van der Waals surface area (Å²) < 4.78 is 7.71. The molecule has 1 saturated heterocycles. The molecule has 162 valence electrons. The Morgan fingerprint density at radius 2 is 1.78 bits per heavy atom. The van der Waals surface area contributed by atoms with Crippen LogP contribution in [0.2, 0.25) is 0 Å². The molecule has 1 aromatic heterocycles. The predicted molar refractivity (Wildman–Crippen MR) is 133 cm³/mol. The quantitative estimate of drug-likeness (QED) is 0.278. The number of aromatic nitrogens is 1. The van der Waals surface area contributed by atoms with Gasteiger partial charge in [-0.25, -0.2) is 4.79 Å². The van der Waals surface area contributed by atoms with Crippen LogP contribution in [0.1, 0.15) is 34.2 Å². The van der Waals surface area contributed by atoms with Crippen LogP contribution in [0.15, 0.2) is 65.6 Å². The van der Waals surface area contributed by atoms with Gasteiger partial charge in [0.1, 0.15) is 0 Å². The molecule has 4 rings (SSSR count). The molecule has 32 heavy (non-hydrogen) atoms. The van der Waals surface area contributed by atoms with Crippen molar-refractivity contribution in [3.63, 3.8) is 0 Å². The van der Waals surface area contributed by atoms with E-state index in [9.17, 15) is 9.59 Å². The van der Waals surface area contributed by atoms with Crippen LogP contribution in [0.3, 0.4) is 0 Å². The lowest BCUT2D eigenvalue weighted by molar-refractivity contribution is -0.113. The molecule has 2 aromatic carbocycles. The zero-order valence-electron chi connectivity index (χ0n) is 18.0. The van der Waals surface area contributed by atoms with E-state index in [2.05, 4.69) is 4.57 Å². The minimum atomic E-state index is -0.346. The van der Waals surface area contributed by atoms with Gasteiger partial charge in [-0.15, -0.1) is 0 Å². The second-order valence-corrected chi connectivity index (χ2v) is 8.96. The van der Waals surface area contributed by atoms with Gasteiger partial charge in [-0.05, 0) is 68.8 Å². The summed E-state index contributed by atoms with van der Waals surface area (Å²) in [5.41, 5.74) is 5.02. The van der Waals surface area contributed by atoms with Crippen LogP contribution in [-0.4, -0.2) is 27.4 Å². The zero-order chi connectivity index (χ0) is 22.8. The third kappa shape index (κ3) is 4.13. The molecule has 0 radical (unpaired) electrons. The Balaban J connectivity index is 1.68. The number of hydrogen-bond acceptors (Lipinski definition) is 5. The van der Waals surface area contributed by atoms with Gasteiger partial charge in [0.2, 0.25) is 0 Å². The Bertz CT molecular complexity index is 1250. The molecular weight excluding hydrogens is 440 g/mol. The highest BCUT2D eigenvalue weighted by Crippen LogP contribution is 2.36. The van der Waals surface area contributed by atoms with E-state index in [4.69, 9.17) is 17.0 Å². The van der Waals surface area contributed by atoms with E-state index in [1.807, 2.05) is 74.5 Å². The first-order valence-corrected chi connectivity index (χ1v) is 11.4. The van der Waals surface area contributed by atoms with Gasteiger partial charge in [0, 0.05) is 17.1 Å². The summed E-state index contributed by atoms with van der Waals surface area (Å²) in [5, 5.41) is 0. The number of aryl methyl sites for hydroxylation is 1. The van der Waals surface area contributed by atoms with Crippen molar-refractivity contribution < 1.29 is 14.3 Å². The monoisotopic (exact) mass is 462 g/mol. The number of carbonyl (C=O) groups excluding carboxylic acids is 2. The molecular formula is C25H22N2O3S2. The Morgan fingerprint density at radius 3 is 2.50 bits per heavy atom. The van der Waals surface area contributed by atoms with E-state index in [-0.39, 0.29) is 11.9 Å². The van der Waals surface area contributed by atoms with Crippen LogP contribution in [-0.2, 0) is 9.53 Å². The number of thiocarbonyl (C=S) groups is 1. The normalized spacial score (nSPS) is 15.0. The van der Waals surface area contributed by atoms with Crippen LogP contribution in [0.5, 0.6) is 0 Å². The molecule has 1 aliphatic heterocycles. The second kappa shape index (κ2) is 9.14. The van der Waals surface area contributed by atoms with Crippen molar-refractivity contribution in [1.82, 2.24) is 4.57 Å². The topological polar surface area (TPSA) is 51.5 Å². The van der Waals surface area contributed by atoms with Crippen molar-refractivity contribution in [2.24, 2.45) is 0 Å². The fourth-order valence-corrected chi connectivity index (χ4v) is 5.02. The number of benzene rings is 2. The number of para-hydroxylation sites is 1. The van der Waals surface area contributed by atoms with E-state index < -0.39 is 0 Å². The Morgan fingerprint density at radius 1 is 1.06 bits per heavy atom. The fraction of sp³-hybridized carbons (Fsp3) is 0.160. The lowest BCUT2D eigenvalue weighted by Gasteiger charge is -2.13. The number of hydrogen-bond donors (Lipinski definition) is 0. The minimum Gasteiger partial charge on any atom is -0.462 e. The lowest BCUT2D eigenvalue weighted by atomic mass is 10.2. The molecule has 5 nitrogen and oxygen atoms in total. The maximum Gasteiger partial charge on any atom is 0.338 e. The molecule has 0 N–H and O–H groups in total. The van der Waals surface area contributed by atoms with Gasteiger partial charge >= 0.3 is 5.97 Å².